The van der Waals surface area contributed by atoms with Gasteiger partial charge in [-0.1, -0.05) is 40.8 Å². The van der Waals surface area contributed by atoms with Crippen LogP contribution in [-0.2, 0) is 4.79 Å². The van der Waals surface area contributed by atoms with Gasteiger partial charge in [0.2, 0.25) is 11.0 Å². The van der Waals surface area contributed by atoms with Gasteiger partial charge in [-0.25, -0.2) is 0 Å². The van der Waals surface area contributed by atoms with E-state index in [4.69, 9.17) is 17.3 Å². The number of benzene rings is 1. The predicted molar refractivity (Wildman–Crippen MR) is 83.9 cm³/mol. The number of anilines is 2. The van der Waals surface area contributed by atoms with Gasteiger partial charge in [0.05, 0.1) is 5.25 Å². The minimum atomic E-state index is -0.370. The molecule has 2 aromatic rings. The minimum Gasteiger partial charge on any atom is -0.369 e. The first-order valence-electron chi connectivity index (χ1n) is 5.78. The summed E-state index contributed by atoms with van der Waals surface area (Å²) in [5, 5.41) is 12.2. The Morgan fingerprint density at radius 2 is 2.25 bits per heavy atom. The van der Waals surface area contributed by atoms with Crippen LogP contribution < -0.4 is 11.1 Å². The Kier molecular flexibility index (Phi) is 4.85. The molecule has 0 aliphatic carbocycles. The van der Waals surface area contributed by atoms with Crippen LogP contribution in [0.25, 0.3) is 0 Å². The molecule has 0 unspecified atom stereocenters. The first-order valence-corrected chi connectivity index (χ1v) is 7.86. The van der Waals surface area contributed by atoms with Crippen molar-refractivity contribution in [1.82, 2.24) is 10.2 Å². The molecule has 0 saturated carbocycles. The largest absolute Gasteiger partial charge is 0.369 e. The average Bonchev–Trinajstić information content (AvgIpc) is 2.81. The van der Waals surface area contributed by atoms with Crippen molar-refractivity contribution < 1.29 is 4.79 Å². The number of aromatic nitrogens is 2. The molecule has 0 saturated heterocycles. The van der Waals surface area contributed by atoms with E-state index in [-0.39, 0.29) is 11.2 Å². The molecular weight excluding hydrogens is 316 g/mol. The van der Waals surface area contributed by atoms with Crippen molar-refractivity contribution in [2.75, 3.05) is 5.32 Å². The number of carbonyl (C=O) groups is 1. The highest BCUT2D eigenvalue weighted by Crippen LogP contribution is 2.31. The maximum absolute atomic E-state index is 11.0. The molecule has 5 nitrogen and oxygen atoms in total. The average molecular weight is 329 g/mol. The Bertz CT molecular complexity index is 632. The summed E-state index contributed by atoms with van der Waals surface area (Å²) in [4.78, 5) is 11.0. The third-order valence-corrected chi connectivity index (χ3v) is 4.96. The lowest BCUT2D eigenvalue weighted by Gasteiger charge is -2.04. The van der Waals surface area contributed by atoms with Gasteiger partial charge in [-0.05, 0) is 31.5 Å². The highest BCUT2D eigenvalue weighted by Gasteiger charge is 2.14. The van der Waals surface area contributed by atoms with Crippen LogP contribution in [-0.4, -0.2) is 21.4 Å². The van der Waals surface area contributed by atoms with Crippen LogP contribution in [0.5, 0.6) is 0 Å². The van der Waals surface area contributed by atoms with Crippen molar-refractivity contribution in [3.63, 3.8) is 0 Å². The molecule has 1 heterocycles. The van der Waals surface area contributed by atoms with E-state index in [2.05, 4.69) is 15.5 Å². The summed E-state index contributed by atoms with van der Waals surface area (Å²) in [6.45, 7) is 3.68. The van der Waals surface area contributed by atoms with Crippen LogP contribution in [0.15, 0.2) is 22.5 Å². The number of nitrogens with one attached hydrogen (secondary N) is 1. The third-order valence-electron chi connectivity index (χ3n) is 2.51. The summed E-state index contributed by atoms with van der Waals surface area (Å²) in [7, 11) is 0. The Morgan fingerprint density at radius 1 is 1.50 bits per heavy atom. The predicted octanol–water partition coefficient (Wildman–Crippen LogP) is 3.21. The van der Waals surface area contributed by atoms with Crippen molar-refractivity contribution in [3.05, 3.63) is 28.8 Å². The van der Waals surface area contributed by atoms with Crippen molar-refractivity contribution in [2.45, 2.75) is 23.4 Å². The number of halogens is 1. The lowest BCUT2D eigenvalue weighted by atomic mass is 10.2. The van der Waals surface area contributed by atoms with E-state index >= 15 is 0 Å². The van der Waals surface area contributed by atoms with Crippen molar-refractivity contribution >= 4 is 51.4 Å². The first-order chi connectivity index (χ1) is 9.45. The molecule has 0 aliphatic rings. The van der Waals surface area contributed by atoms with Gasteiger partial charge in [0.15, 0.2) is 4.34 Å². The van der Waals surface area contributed by atoms with E-state index in [1.807, 2.05) is 25.1 Å². The molecule has 8 heteroatoms. The number of hydrogen-bond acceptors (Lipinski definition) is 6. The third kappa shape index (κ3) is 3.84. The fourth-order valence-corrected chi connectivity index (χ4v) is 3.36. The fraction of sp³-hybridized carbons (Fsp3) is 0.250. The second-order valence-corrected chi connectivity index (χ2v) is 7.10. The zero-order chi connectivity index (χ0) is 14.7. The zero-order valence-corrected chi connectivity index (χ0v) is 13.3. The van der Waals surface area contributed by atoms with Crippen LogP contribution in [0, 0.1) is 6.92 Å². The summed E-state index contributed by atoms with van der Waals surface area (Å²) in [5.41, 5.74) is 7.07. The molecule has 1 aromatic heterocycles. The molecule has 2 rings (SSSR count). The van der Waals surface area contributed by atoms with Gasteiger partial charge in [0.1, 0.15) is 0 Å². The van der Waals surface area contributed by atoms with Crippen molar-refractivity contribution in [3.8, 4) is 0 Å². The summed E-state index contributed by atoms with van der Waals surface area (Å²) in [6, 6.07) is 5.68. The minimum absolute atomic E-state index is 0.329. The number of nitrogens with zero attached hydrogens (tertiary/aromatic N) is 2. The number of thioether (sulfide) groups is 1. The van der Waals surface area contributed by atoms with Crippen LogP contribution in [0.2, 0.25) is 5.02 Å². The number of nitrogens with two attached hydrogens (primary N) is 1. The summed E-state index contributed by atoms with van der Waals surface area (Å²) in [5.74, 6) is -0.370. The van der Waals surface area contributed by atoms with Gasteiger partial charge in [-0.15, -0.1) is 10.2 Å². The number of primary amides is 1. The molecule has 0 radical (unpaired) electrons. The number of rotatable bonds is 5. The molecule has 1 aromatic carbocycles. The van der Waals surface area contributed by atoms with E-state index in [1.54, 1.807) is 6.92 Å². The van der Waals surface area contributed by atoms with Gasteiger partial charge >= 0.3 is 0 Å². The van der Waals surface area contributed by atoms with Crippen LogP contribution >= 0.6 is 34.7 Å². The second kappa shape index (κ2) is 6.43. The smallest absolute Gasteiger partial charge is 0.230 e. The number of hydrogen-bond donors (Lipinski definition) is 2. The fourth-order valence-electron chi connectivity index (χ4n) is 1.31. The van der Waals surface area contributed by atoms with Crippen LogP contribution in [0.1, 0.15) is 12.5 Å². The lowest BCUT2D eigenvalue weighted by molar-refractivity contribution is -0.117. The molecule has 0 bridgehead atoms. The molecule has 1 amide bonds. The van der Waals surface area contributed by atoms with Gasteiger partial charge in [0, 0.05) is 10.7 Å². The van der Waals surface area contributed by atoms with Gasteiger partial charge in [-0.3, -0.25) is 4.79 Å². The monoisotopic (exact) mass is 328 g/mol. The molecule has 0 fully saturated rings. The molecule has 0 spiro atoms. The quantitative estimate of drug-likeness (QED) is 0.824. The lowest BCUT2D eigenvalue weighted by Crippen LogP contribution is -2.22. The van der Waals surface area contributed by atoms with E-state index in [0.29, 0.717) is 14.5 Å². The SMILES string of the molecule is Cc1ccc(Nc2nnc(S[C@@H](C)C(N)=O)s2)cc1Cl. The molecule has 0 aliphatic heterocycles. The normalized spacial score (nSPS) is 12.2. The van der Waals surface area contributed by atoms with Crippen molar-refractivity contribution in [1.29, 1.82) is 0 Å². The zero-order valence-electron chi connectivity index (χ0n) is 10.9. The molecule has 3 N–H and O–H groups in total. The second-order valence-electron chi connectivity index (χ2n) is 4.12. The molecule has 106 valence electrons. The van der Waals surface area contributed by atoms with E-state index in [9.17, 15) is 4.79 Å². The van der Waals surface area contributed by atoms with Crippen LogP contribution in [0.4, 0.5) is 10.8 Å². The molecular formula is C12H13ClN4OS2. The highest BCUT2D eigenvalue weighted by atomic mass is 35.5. The molecule has 20 heavy (non-hydrogen) atoms. The Balaban J connectivity index is 2.05. The Hall–Kier alpha value is -1.31. The van der Waals surface area contributed by atoms with Gasteiger partial charge < -0.3 is 11.1 Å². The number of amides is 1. The van der Waals surface area contributed by atoms with E-state index in [0.717, 1.165) is 11.3 Å². The van der Waals surface area contributed by atoms with Crippen molar-refractivity contribution in [2.24, 2.45) is 5.73 Å². The summed E-state index contributed by atoms with van der Waals surface area (Å²) >= 11 is 8.72. The number of aryl methyl sites for hydroxylation is 1. The van der Waals surface area contributed by atoms with Crippen LogP contribution in [0.3, 0.4) is 0 Å². The maximum atomic E-state index is 11.0. The summed E-state index contributed by atoms with van der Waals surface area (Å²) < 4.78 is 0.692. The number of carbonyl (C=O) groups excluding carboxylic acids is 1. The van der Waals surface area contributed by atoms with E-state index < -0.39 is 0 Å². The van der Waals surface area contributed by atoms with E-state index in [1.165, 1.54) is 23.1 Å². The Labute approximate surface area is 129 Å². The summed E-state index contributed by atoms with van der Waals surface area (Å²) in [6.07, 6.45) is 0. The molecule has 1 atom stereocenters. The van der Waals surface area contributed by atoms with Gasteiger partial charge in [0.25, 0.3) is 0 Å². The highest BCUT2D eigenvalue weighted by molar-refractivity contribution is 8.02. The standard InChI is InChI=1S/C12H13ClN4OS2/c1-6-3-4-8(5-9(6)13)15-11-16-17-12(20-11)19-7(2)10(14)18/h3-5,7H,1-2H3,(H2,14,18)(H,15,16)/t7-/m0/s1. The topological polar surface area (TPSA) is 80.9 Å². The van der Waals surface area contributed by atoms with Gasteiger partial charge in [-0.2, -0.15) is 0 Å². The Morgan fingerprint density at radius 3 is 2.90 bits per heavy atom. The maximum Gasteiger partial charge on any atom is 0.230 e. The first kappa shape index (κ1) is 15.1.